The van der Waals surface area contributed by atoms with E-state index in [0.29, 0.717) is 0 Å². The normalized spacial score (nSPS) is 10.7. The molecular weight excluding hydrogens is 518 g/mol. The molecule has 0 aliphatic carbocycles. The number of non-ortho nitro benzene ring substituents is 1. The lowest BCUT2D eigenvalue weighted by molar-refractivity contribution is -0.384. The Labute approximate surface area is 245 Å². The molecule has 6 aromatic carbocycles. The van der Waals surface area contributed by atoms with Crippen molar-refractivity contribution in [3.05, 3.63) is 173 Å². The van der Waals surface area contributed by atoms with Crippen molar-refractivity contribution in [1.82, 2.24) is 0 Å². The highest BCUT2D eigenvalue weighted by Crippen LogP contribution is 2.38. The van der Waals surface area contributed by atoms with Gasteiger partial charge in [0.25, 0.3) is 5.69 Å². The van der Waals surface area contributed by atoms with Crippen LogP contribution in [0, 0.1) is 17.0 Å². The molecule has 0 aromatic heterocycles. The zero-order valence-electron chi connectivity index (χ0n) is 23.2. The molecule has 0 saturated carbocycles. The van der Waals surface area contributed by atoms with E-state index in [9.17, 15) is 10.1 Å². The number of nitro benzene ring substituents is 1. The number of para-hydroxylation sites is 2. The topological polar surface area (TPSA) is 49.6 Å². The molecule has 0 N–H and O–H groups in total. The van der Waals surface area contributed by atoms with Crippen LogP contribution in [0.3, 0.4) is 0 Å². The fourth-order valence-electron chi connectivity index (χ4n) is 5.14. The number of nitrogens with zero attached hydrogens (tertiary/aromatic N) is 3. The van der Waals surface area contributed by atoms with Gasteiger partial charge in [0.05, 0.1) is 4.92 Å². The van der Waals surface area contributed by atoms with Crippen molar-refractivity contribution in [2.75, 3.05) is 9.80 Å². The van der Waals surface area contributed by atoms with Crippen LogP contribution in [0.5, 0.6) is 0 Å². The smallest absolute Gasteiger partial charge is 0.269 e. The van der Waals surface area contributed by atoms with Gasteiger partial charge in [-0.3, -0.25) is 10.1 Å². The van der Waals surface area contributed by atoms with Gasteiger partial charge in [0.15, 0.2) is 0 Å². The van der Waals surface area contributed by atoms with Crippen molar-refractivity contribution >= 4 is 39.8 Å². The van der Waals surface area contributed by atoms with Crippen LogP contribution < -0.4 is 9.80 Å². The van der Waals surface area contributed by atoms with Crippen LogP contribution in [0.15, 0.2) is 158 Å². The van der Waals surface area contributed by atoms with Crippen LogP contribution >= 0.6 is 0 Å². The molecule has 0 saturated heterocycles. The van der Waals surface area contributed by atoms with Gasteiger partial charge in [0.1, 0.15) is 0 Å². The van der Waals surface area contributed by atoms with E-state index in [1.165, 1.54) is 17.7 Å². The third kappa shape index (κ3) is 5.62. The van der Waals surface area contributed by atoms with E-state index >= 15 is 0 Å². The van der Waals surface area contributed by atoms with Crippen LogP contribution in [-0.4, -0.2) is 4.92 Å². The Hall–Kier alpha value is -5.68. The SMILES string of the molecule is Cc1cccc(N(c2ccccc2)c2ccc(-c3ccc(N(c4ccccc4)c4ccc([N+](=O)[O-])cc4)cc3)cc2)c1. The number of hydrogen-bond acceptors (Lipinski definition) is 4. The van der Waals surface area contributed by atoms with Crippen molar-refractivity contribution in [2.24, 2.45) is 0 Å². The molecule has 0 bridgehead atoms. The van der Waals surface area contributed by atoms with Gasteiger partial charge in [-0.05, 0) is 96.4 Å². The number of hydrogen-bond donors (Lipinski definition) is 0. The molecule has 0 radical (unpaired) electrons. The minimum Gasteiger partial charge on any atom is -0.310 e. The standard InChI is InChI=1S/C37H29N3O2/c1-28-9-8-14-37(27-28)39(32-12-6-3-7-13-32)34-21-17-30(18-22-34)29-15-19-33(20-16-29)38(31-10-4-2-5-11-31)35-23-25-36(26-24-35)40(41)42/h2-27H,1H3. The summed E-state index contributed by atoms with van der Waals surface area (Å²) >= 11 is 0. The predicted molar refractivity (Wildman–Crippen MR) is 173 cm³/mol. The lowest BCUT2D eigenvalue weighted by Crippen LogP contribution is -2.10. The highest BCUT2D eigenvalue weighted by Gasteiger charge is 2.15. The van der Waals surface area contributed by atoms with E-state index in [4.69, 9.17) is 0 Å². The number of aryl methyl sites for hydroxylation is 1. The monoisotopic (exact) mass is 547 g/mol. The molecule has 6 aromatic rings. The third-order valence-corrected chi connectivity index (χ3v) is 7.19. The van der Waals surface area contributed by atoms with Gasteiger partial charge in [-0.2, -0.15) is 0 Å². The van der Waals surface area contributed by atoms with Crippen molar-refractivity contribution < 1.29 is 4.92 Å². The van der Waals surface area contributed by atoms with E-state index < -0.39 is 0 Å². The minimum absolute atomic E-state index is 0.0683. The van der Waals surface area contributed by atoms with Gasteiger partial charge in [-0.15, -0.1) is 0 Å². The van der Waals surface area contributed by atoms with Gasteiger partial charge in [-0.1, -0.05) is 72.8 Å². The summed E-state index contributed by atoms with van der Waals surface area (Å²) in [6.07, 6.45) is 0. The molecule has 0 unspecified atom stereocenters. The Morgan fingerprint density at radius 2 is 0.833 bits per heavy atom. The van der Waals surface area contributed by atoms with Gasteiger partial charge >= 0.3 is 0 Å². The zero-order chi connectivity index (χ0) is 28.9. The van der Waals surface area contributed by atoms with Crippen molar-refractivity contribution in [3.8, 4) is 11.1 Å². The second-order valence-electron chi connectivity index (χ2n) is 10.0. The first-order chi connectivity index (χ1) is 20.6. The number of rotatable bonds is 8. The van der Waals surface area contributed by atoms with Crippen molar-refractivity contribution in [3.63, 3.8) is 0 Å². The largest absolute Gasteiger partial charge is 0.310 e. The summed E-state index contributed by atoms with van der Waals surface area (Å²) in [6, 6.07) is 52.6. The van der Waals surface area contributed by atoms with Crippen LogP contribution in [0.25, 0.3) is 11.1 Å². The van der Waals surface area contributed by atoms with E-state index in [1.54, 1.807) is 12.1 Å². The Morgan fingerprint density at radius 1 is 0.452 bits per heavy atom. The molecule has 0 fully saturated rings. The summed E-state index contributed by atoms with van der Waals surface area (Å²) < 4.78 is 0. The van der Waals surface area contributed by atoms with Crippen molar-refractivity contribution in [1.29, 1.82) is 0 Å². The van der Waals surface area contributed by atoms with Crippen LogP contribution in [0.4, 0.5) is 39.8 Å². The lowest BCUT2D eigenvalue weighted by atomic mass is 10.0. The summed E-state index contributed by atoms with van der Waals surface area (Å²) in [4.78, 5) is 15.2. The molecule has 5 nitrogen and oxygen atoms in total. The van der Waals surface area contributed by atoms with Crippen LogP contribution in [0.1, 0.15) is 5.56 Å². The maximum atomic E-state index is 11.2. The number of benzene rings is 6. The Balaban J connectivity index is 1.31. The minimum atomic E-state index is -0.378. The number of nitro groups is 1. The zero-order valence-corrected chi connectivity index (χ0v) is 23.2. The Kier molecular flexibility index (Phi) is 7.47. The fourth-order valence-corrected chi connectivity index (χ4v) is 5.14. The van der Waals surface area contributed by atoms with E-state index in [0.717, 1.165) is 45.3 Å². The summed E-state index contributed by atoms with van der Waals surface area (Å²) in [6.45, 7) is 2.11. The summed E-state index contributed by atoms with van der Waals surface area (Å²) in [5.74, 6) is 0. The molecule has 42 heavy (non-hydrogen) atoms. The van der Waals surface area contributed by atoms with E-state index in [1.807, 2.05) is 36.4 Å². The first kappa shape index (κ1) is 26.5. The first-order valence-corrected chi connectivity index (χ1v) is 13.8. The van der Waals surface area contributed by atoms with Gasteiger partial charge in [-0.25, -0.2) is 0 Å². The average Bonchev–Trinajstić information content (AvgIpc) is 3.03. The average molecular weight is 548 g/mol. The molecule has 0 atom stereocenters. The highest BCUT2D eigenvalue weighted by atomic mass is 16.6. The quantitative estimate of drug-likeness (QED) is 0.140. The fraction of sp³-hybridized carbons (Fsp3) is 0.0270. The molecular formula is C37H29N3O2. The second kappa shape index (κ2) is 11.8. The molecule has 0 aliphatic rings. The third-order valence-electron chi connectivity index (χ3n) is 7.19. The van der Waals surface area contributed by atoms with Crippen LogP contribution in [0.2, 0.25) is 0 Å². The highest BCUT2D eigenvalue weighted by molar-refractivity contribution is 5.81. The molecule has 0 aliphatic heterocycles. The second-order valence-corrected chi connectivity index (χ2v) is 10.0. The molecule has 5 heteroatoms. The van der Waals surface area contributed by atoms with Gasteiger partial charge in [0.2, 0.25) is 0 Å². The molecule has 0 heterocycles. The maximum absolute atomic E-state index is 11.2. The molecule has 6 rings (SSSR count). The van der Waals surface area contributed by atoms with Crippen LogP contribution in [-0.2, 0) is 0 Å². The summed E-state index contributed by atoms with van der Waals surface area (Å²) in [5.41, 5.74) is 9.58. The Morgan fingerprint density at radius 3 is 1.26 bits per heavy atom. The van der Waals surface area contributed by atoms with E-state index in [-0.39, 0.29) is 10.6 Å². The van der Waals surface area contributed by atoms with Gasteiger partial charge < -0.3 is 9.80 Å². The maximum Gasteiger partial charge on any atom is 0.269 e. The van der Waals surface area contributed by atoms with Crippen molar-refractivity contribution in [2.45, 2.75) is 6.92 Å². The first-order valence-electron chi connectivity index (χ1n) is 13.8. The van der Waals surface area contributed by atoms with Gasteiger partial charge in [0, 0.05) is 46.3 Å². The summed E-state index contributed by atoms with van der Waals surface area (Å²) in [7, 11) is 0. The molecule has 0 spiro atoms. The molecule has 0 amide bonds. The molecule has 204 valence electrons. The number of anilines is 6. The Bertz CT molecular complexity index is 1790. The van der Waals surface area contributed by atoms with E-state index in [2.05, 4.69) is 114 Å². The predicted octanol–water partition coefficient (Wildman–Crippen LogP) is 10.5. The summed E-state index contributed by atoms with van der Waals surface area (Å²) in [5, 5.41) is 11.2. The lowest BCUT2D eigenvalue weighted by Gasteiger charge is -2.26.